The lowest BCUT2D eigenvalue weighted by Crippen LogP contribution is -1.99. The van der Waals surface area contributed by atoms with Crippen LogP contribution in [-0.2, 0) is 6.54 Å². The summed E-state index contributed by atoms with van der Waals surface area (Å²) in [6.45, 7) is 2.09. The number of aromatic nitrogens is 1. The molecule has 0 spiro atoms. The van der Waals surface area contributed by atoms with Crippen molar-refractivity contribution < 1.29 is 19.1 Å². The molecule has 2 aromatic rings. The first-order valence-electron chi connectivity index (χ1n) is 5.66. The zero-order chi connectivity index (χ0) is 13.8. The van der Waals surface area contributed by atoms with Crippen LogP contribution in [0.2, 0.25) is 0 Å². The minimum absolute atomic E-state index is 0.0235. The highest BCUT2D eigenvalue weighted by Crippen LogP contribution is 2.17. The number of hydrogen-bond donors (Lipinski definition) is 2. The Morgan fingerprint density at radius 1 is 1.53 bits per heavy atom. The maximum atomic E-state index is 10.8. The molecule has 0 aliphatic rings. The van der Waals surface area contributed by atoms with Crippen molar-refractivity contribution in [1.82, 2.24) is 4.98 Å². The summed E-state index contributed by atoms with van der Waals surface area (Å²) in [5.74, 6) is 0.0118. The Kier molecular flexibility index (Phi) is 3.70. The molecule has 19 heavy (non-hydrogen) atoms. The fourth-order valence-electron chi connectivity index (χ4n) is 1.64. The van der Waals surface area contributed by atoms with Crippen LogP contribution in [0.25, 0.3) is 0 Å². The fraction of sp³-hybridized carbons (Fsp3) is 0.231. The number of methoxy groups -OCH3 is 1. The molecule has 0 saturated carbocycles. The van der Waals surface area contributed by atoms with E-state index in [1.165, 1.54) is 0 Å². The smallest absolute Gasteiger partial charge is 0.372 e. The predicted molar refractivity (Wildman–Crippen MR) is 68.5 cm³/mol. The highest BCUT2D eigenvalue weighted by Gasteiger charge is 2.13. The highest BCUT2D eigenvalue weighted by molar-refractivity contribution is 5.86. The van der Waals surface area contributed by atoms with Gasteiger partial charge in [-0.25, -0.2) is 9.78 Å². The Balaban J connectivity index is 2.01. The Morgan fingerprint density at radius 2 is 2.32 bits per heavy atom. The molecular formula is C13H14N2O4. The molecule has 2 heterocycles. The second-order valence-electron chi connectivity index (χ2n) is 3.97. The van der Waals surface area contributed by atoms with E-state index in [0.29, 0.717) is 23.7 Å². The first kappa shape index (κ1) is 12.9. The number of nitrogens with zero attached hydrogens (tertiary/aromatic N) is 1. The average Bonchev–Trinajstić information content (AvgIpc) is 2.78. The fourth-order valence-corrected chi connectivity index (χ4v) is 1.64. The number of anilines is 1. The number of aromatic carboxylic acids is 1. The normalized spacial score (nSPS) is 10.2. The number of nitrogens with one attached hydrogen (secondary N) is 1. The van der Waals surface area contributed by atoms with E-state index in [1.54, 1.807) is 32.4 Å². The summed E-state index contributed by atoms with van der Waals surface area (Å²) in [5, 5.41) is 12.0. The molecule has 0 radical (unpaired) electrons. The van der Waals surface area contributed by atoms with Crippen molar-refractivity contribution in [1.29, 1.82) is 0 Å². The summed E-state index contributed by atoms with van der Waals surface area (Å²) in [6, 6.07) is 5.26. The Hall–Kier alpha value is -2.50. The third kappa shape index (κ3) is 3.04. The number of carbonyl (C=O) groups is 1. The van der Waals surface area contributed by atoms with Gasteiger partial charge in [0.15, 0.2) is 0 Å². The maximum absolute atomic E-state index is 10.8. The van der Waals surface area contributed by atoms with Gasteiger partial charge in [-0.3, -0.25) is 0 Å². The second kappa shape index (κ2) is 5.43. The third-order valence-corrected chi connectivity index (χ3v) is 2.58. The average molecular weight is 262 g/mol. The molecule has 6 heteroatoms. The minimum Gasteiger partial charge on any atom is -0.481 e. The molecule has 100 valence electrons. The lowest BCUT2D eigenvalue weighted by Gasteiger charge is -2.04. The molecule has 2 aromatic heterocycles. The van der Waals surface area contributed by atoms with Crippen molar-refractivity contribution in [2.45, 2.75) is 13.5 Å². The molecule has 0 amide bonds. The molecule has 6 nitrogen and oxygen atoms in total. The predicted octanol–water partition coefficient (Wildman–Crippen LogP) is 2.30. The van der Waals surface area contributed by atoms with Crippen molar-refractivity contribution >= 4 is 11.7 Å². The number of furan rings is 1. The summed E-state index contributed by atoms with van der Waals surface area (Å²) in [6.07, 6.45) is 1.63. The maximum Gasteiger partial charge on any atom is 0.372 e. The summed E-state index contributed by atoms with van der Waals surface area (Å²) in [7, 11) is 1.55. The lowest BCUT2D eigenvalue weighted by atomic mass is 10.2. The topological polar surface area (TPSA) is 84.6 Å². The number of ether oxygens (including phenoxy) is 1. The van der Waals surface area contributed by atoms with Gasteiger partial charge in [-0.05, 0) is 19.1 Å². The summed E-state index contributed by atoms with van der Waals surface area (Å²) >= 11 is 0. The van der Waals surface area contributed by atoms with Gasteiger partial charge in [0.2, 0.25) is 11.6 Å². The number of rotatable bonds is 5. The first-order chi connectivity index (χ1) is 9.10. The van der Waals surface area contributed by atoms with Crippen molar-refractivity contribution in [3.05, 3.63) is 41.5 Å². The van der Waals surface area contributed by atoms with Gasteiger partial charge in [-0.2, -0.15) is 0 Å². The molecule has 0 saturated heterocycles. The van der Waals surface area contributed by atoms with Crippen LogP contribution in [0.4, 0.5) is 5.69 Å². The van der Waals surface area contributed by atoms with Gasteiger partial charge in [0.25, 0.3) is 0 Å². The minimum atomic E-state index is -1.06. The van der Waals surface area contributed by atoms with Crippen LogP contribution in [0.3, 0.4) is 0 Å². The van der Waals surface area contributed by atoms with E-state index in [0.717, 1.165) is 5.69 Å². The van der Waals surface area contributed by atoms with Gasteiger partial charge in [0.1, 0.15) is 5.76 Å². The molecule has 0 atom stereocenters. The van der Waals surface area contributed by atoms with E-state index < -0.39 is 5.97 Å². The third-order valence-electron chi connectivity index (χ3n) is 2.58. The van der Waals surface area contributed by atoms with Crippen molar-refractivity contribution in [3.63, 3.8) is 0 Å². The molecular weight excluding hydrogens is 248 g/mol. The van der Waals surface area contributed by atoms with Crippen LogP contribution in [0.15, 0.2) is 28.8 Å². The van der Waals surface area contributed by atoms with Crippen molar-refractivity contribution in [3.8, 4) is 5.88 Å². The van der Waals surface area contributed by atoms with Crippen molar-refractivity contribution in [2.75, 3.05) is 12.4 Å². The number of carboxylic acids is 1. The quantitative estimate of drug-likeness (QED) is 0.860. The van der Waals surface area contributed by atoms with E-state index in [9.17, 15) is 4.79 Å². The van der Waals surface area contributed by atoms with Gasteiger partial charge in [0, 0.05) is 11.6 Å². The molecule has 0 fully saturated rings. The van der Waals surface area contributed by atoms with Crippen LogP contribution in [-0.4, -0.2) is 23.2 Å². The monoisotopic (exact) mass is 262 g/mol. The Labute approximate surface area is 110 Å². The Morgan fingerprint density at radius 3 is 2.84 bits per heavy atom. The SMILES string of the molecule is COc1ccc(NCc2cc(C)c(C(=O)O)o2)cn1. The number of carboxylic acid groups (broad SMARTS) is 1. The van der Waals surface area contributed by atoms with Gasteiger partial charge in [-0.1, -0.05) is 0 Å². The summed E-state index contributed by atoms with van der Waals surface area (Å²) in [5.41, 5.74) is 1.41. The summed E-state index contributed by atoms with van der Waals surface area (Å²) < 4.78 is 10.2. The highest BCUT2D eigenvalue weighted by atomic mass is 16.5. The van der Waals surface area contributed by atoms with Gasteiger partial charge >= 0.3 is 5.97 Å². The van der Waals surface area contributed by atoms with Gasteiger partial charge < -0.3 is 19.6 Å². The zero-order valence-electron chi connectivity index (χ0n) is 10.6. The van der Waals surface area contributed by atoms with Crippen LogP contribution in [0.1, 0.15) is 21.9 Å². The van der Waals surface area contributed by atoms with E-state index in [-0.39, 0.29) is 5.76 Å². The molecule has 0 aromatic carbocycles. The lowest BCUT2D eigenvalue weighted by molar-refractivity contribution is 0.0659. The zero-order valence-corrected chi connectivity index (χ0v) is 10.6. The second-order valence-corrected chi connectivity index (χ2v) is 3.97. The molecule has 0 bridgehead atoms. The van der Waals surface area contributed by atoms with E-state index in [2.05, 4.69) is 10.3 Å². The van der Waals surface area contributed by atoms with Crippen molar-refractivity contribution in [2.24, 2.45) is 0 Å². The molecule has 0 aliphatic heterocycles. The van der Waals surface area contributed by atoms with Gasteiger partial charge in [-0.15, -0.1) is 0 Å². The van der Waals surface area contributed by atoms with E-state index in [1.807, 2.05) is 6.07 Å². The van der Waals surface area contributed by atoms with Crippen LogP contribution in [0, 0.1) is 6.92 Å². The van der Waals surface area contributed by atoms with E-state index >= 15 is 0 Å². The molecule has 0 unspecified atom stereocenters. The first-order valence-corrected chi connectivity index (χ1v) is 5.66. The Bertz CT molecular complexity index is 575. The van der Waals surface area contributed by atoms with Crippen LogP contribution >= 0.6 is 0 Å². The number of pyridine rings is 1. The number of hydrogen-bond acceptors (Lipinski definition) is 5. The van der Waals surface area contributed by atoms with Crippen LogP contribution < -0.4 is 10.1 Å². The van der Waals surface area contributed by atoms with E-state index in [4.69, 9.17) is 14.3 Å². The summed E-state index contributed by atoms with van der Waals surface area (Å²) in [4.78, 5) is 14.9. The van der Waals surface area contributed by atoms with Gasteiger partial charge in [0.05, 0.1) is 25.5 Å². The number of aryl methyl sites for hydroxylation is 1. The van der Waals surface area contributed by atoms with Crippen LogP contribution in [0.5, 0.6) is 5.88 Å². The largest absolute Gasteiger partial charge is 0.481 e. The standard InChI is InChI=1S/C13H14N2O4/c1-8-5-10(19-12(8)13(16)17)7-14-9-3-4-11(18-2)15-6-9/h3-6,14H,7H2,1-2H3,(H,16,17). The molecule has 2 N–H and O–H groups in total. The molecule has 2 rings (SSSR count). The molecule has 0 aliphatic carbocycles.